The molecule has 0 N–H and O–H groups in total. The number of rotatable bonds is 6. The first-order valence-electron chi connectivity index (χ1n) is 5.40. The molecule has 0 unspecified atom stereocenters. The molecule has 0 aliphatic heterocycles. The average molecular weight is 262 g/mol. The fourth-order valence-electron chi connectivity index (χ4n) is 1.27. The Morgan fingerprint density at radius 3 is 2.69 bits per heavy atom. The Hall–Kier alpha value is -0.440. The van der Waals surface area contributed by atoms with Gasteiger partial charge in [0.1, 0.15) is 5.75 Å². The molecule has 0 amide bonds. The van der Waals surface area contributed by atoms with E-state index in [1.807, 2.05) is 0 Å². The zero-order valence-electron chi connectivity index (χ0n) is 9.67. The van der Waals surface area contributed by atoms with E-state index in [1.165, 1.54) is 0 Å². The minimum absolute atomic E-state index is 0.566. The van der Waals surface area contributed by atoms with E-state index < -0.39 is 0 Å². The first-order valence-corrected chi connectivity index (χ1v) is 6.15. The Morgan fingerprint density at radius 2 is 2.06 bits per heavy atom. The largest absolute Gasteiger partial charge is 0.492 e. The lowest BCUT2D eigenvalue weighted by molar-refractivity contribution is 0.268. The second-order valence-electron chi connectivity index (χ2n) is 3.67. The zero-order valence-corrected chi connectivity index (χ0v) is 11.2. The lowest BCUT2D eigenvalue weighted by Gasteiger charge is -2.14. The third-order valence-electron chi connectivity index (χ3n) is 2.38. The van der Waals surface area contributed by atoms with Crippen molar-refractivity contribution in [3.05, 3.63) is 28.2 Å². The van der Waals surface area contributed by atoms with Gasteiger partial charge < -0.3 is 9.64 Å². The Morgan fingerprint density at radius 1 is 1.31 bits per heavy atom. The third-order valence-corrected chi connectivity index (χ3v) is 2.91. The van der Waals surface area contributed by atoms with Crippen molar-refractivity contribution in [3.8, 4) is 5.75 Å². The Bertz CT molecular complexity index is 331. The summed E-state index contributed by atoms with van der Waals surface area (Å²) >= 11 is 11.8. The number of hydrogen-bond acceptors (Lipinski definition) is 2. The molecular formula is C12H17Cl2NO. The summed E-state index contributed by atoms with van der Waals surface area (Å²) in [5.74, 6) is 0.699. The summed E-state index contributed by atoms with van der Waals surface area (Å²) < 4.78 is 5.57. The molecule has 0 radical (unpaired) electrons. The van der Waals surface area contributed by atoms with Crippen LogP contribution < -0.4 is 4.74 Å². The van der Waals surface area contributed by atoms with Crippen molar-refractivity contribution >= 4 is 23.2 Å². The van der Waals surface area contributed by atoms with E-state index in [0.717, 1.165) is 19.5 Å². The Kier molecular flexibility index (Phi) is 5.96. The molecular weight excluding hydrogens is 245 g/mol. The quantitative estimate of drug-likeness (QED) is 0.724. The number of nitrogens with zero attached hydrogens (tertiary/aromatic N) is 1. The maximum Gasteiger partial charge on any atom is 0.137 e. The van der Waals surface area contributed by atoms with Gasteiger partial charge in [-0.25, -0.2) is 0 Å². The van der Waals surface area contributed by atoms with E-state index in [4.69, 9.17) is 27.9 Å². The molecule has 1 rings (SSSR count). The fraction of sp³-hybridized carbons (Fsp3) is 0.500. The first kappa shape index (κ1) is 13.6. The van der Waals surface area contributed by atoms with Crippen molar-refractivity contribution < 1.29 is 4.74 Å². The second kappa shape index (κ2) is 7.00. The van der Waals surface area contributed by atoms with Crippen LogP contribution in [0.4, 0.5) is 0 Å². The second-order valence-corrected chi connectivity index (χ2v) is 4.52. The van der Waals surface area contributed by atoms with Crippen LogP contribution in [-0.2, 0) is 0 Å². The summed E-state index contributed by atoms with van der Waals surface area (Å²) in [5.41, 5.74) is 0. The summed E-state index contributed by atoms with van der Waals surface area (Å²) in [5, 5.41) is 1.19. The first-order chi connectivity index (χ1) is 7.63. The standard InChI is InChI=1S/C12H17Cl2NO/c1-3-15(2)7-4-8-16-12-6-5-10(13)9-11(12)14/h5-6,9H,3-4,7-8H2,1-2H3. The summed E-state index contributed by atoms with van der Waals surface area (Å²) in [6, 6.07) is 5.27. The van der Waals surface area contributed by atoms with Crippen LogP contribution in [0.1, 0.15) is 13.3 Å². The van der Waals surface area contributed by atoms with Gasteiger partial charge in [0.15, 0.2) is 0 Å². The molecule has 1 aromatic carbocycles. The Balaban J connectivity index is 2.32. The summed E-state index contributed by atoms with van der Waals surface area (Å²) in [4.78, 5) is 2.24. The van der Waals surface area contributed by atoms with Gasteiger partial charge in [0, 0.05) is 11.6 Å². The van der Waals surface area contributed by atoms with E-state index in [0.29, 0.717) is 22.4 Å². The molecule has 0 aliphatic carbocycles. The maximum atomic E-state index is 5.98. The predicted molar refractivity (Wildman–Crippen MR) is 69.7 cm³/mol. The number of benzene rings is 1. The van der Waals surface area contributed by atoms with Crippen molar-refractivity contribution in [2.75, 3.05) is 26.7 Å². The zero-order chi connectivity index (χ0) is 12.0. The molecule has 0 aliphatic rings. The van der Waals surface area contributed by atoms with Crippen molar-refractivity contribution in [2.45, 2.75) is 13.3 Å². The third kappa shape index (κ3) is 4.60. The van der Waals surface area contributed by atoms with Gasteiger partial charge in [0.2, 0.25) is 0 Å². The molecule has 0 bridgehead atoms. The molecule has 0 spiro atoms. The summed E-state index contributed by atoms with van der Waals surface area (Å²) in [6.45, 7) is 4.89. The lowest BCUT2D eigenvalue weighted by Crippen LogP contribution is -2.20. The van der Waals surface area contributed by atoms with Gasteiger partial charge in [-0.1, -0.05) is 30.1 Å². The van der Waals surface area contributed by atoms with Gasteiger partial charge in [-0.2, -0.15) is 0 Å². The molecule has 1 aromatic rings. The van der Waals surface area contributed by atoms with Gasteiger partial charge >= 0.3 is 0 Å². The SMILES string of the molecule is CCN(C)CCCOc1ccc(Cl)cc1Cl. The smallest absolute Gasteiger partial charge is 0.137 e. The van der Waals surface area contributed by atoms with Crippen LogP contribution in [0, 0.1) is 0 Å². The topological polar surface area (TPSA) is 12.5 Å². The highest BCUT2D eigenvalue weighted by Gasteiger charge is 2.02. The van der Waals surface area contributed by atoms with Crippen molar-refractivity contribution in [3.63, 3.8) is 0 Å². The van der Waals surface area contributed by atoms with E-state index >= 15 is 0 Å². The molecule has 0 fully saturated rings. The van der Waals surface area contributed by atoms with Gasteiger partial charge in [-0.15, -0.1) is 0 Å². The minimum Gasteiger partial charge on any atom is -0.492 e. The molecule has 0 atom stereocenters. The lowest BCUT2D eigenvalue weighted by atomic mass is 10.3. The van der Waals surface area contributed by atoms with Crippen LogP contribution in [0.25, 0.3) is 0 Å². The normalized spacial score (nSPS) is 10.8. The minimum atomic E-state index is 0.566. The number of halogens is 2. The highest BCUT2D eigenvalue weighted by molar-refractivity contribution is 6.35. The molecule has 16 heavy (non-hydrogen) atoms. The van der Waals surface area contributed by atoms with Crippen LogP contribution in [0.3, 0.4) is 0 Å². The van der Waals surface area contributed by atoms with Crippen molar-refractivity contribution in [1.29, 1.82) is 0 Å². The van der Waals surface area contributed by atoms with Crippen LogP contribution in [0.5, 0.6) is 5.75 Å². The van der Waals surface area contributed by atoms with Crippen molar-refractivity contribution in [1.82, 2.24) is 4.90 Å². The monoisotopic (exact) mass is 261 g/mol. The van der Waals surface area contributed by atoms with Crippen LogP contribution in [0.2, 0.25) is 10.0 Å². The van der Waals surface area contributed by atoms with Gasteiger partial charge in [-0.05, 0) is 38.2 Å². The molecule has 0 aromatic heterocycles. The van der Waals surface area contributed by atoms with Crippen LogP contribution in [0.15, 0.2) is 18.2 Å². The summed E-state index contributed by atoms with van der Waals surface area (Å²) in [6.07, 6.45) is 0.989. The Labute approximate surface area is 107 Å². The molecule has 4 heteroatoms. The number of ether oxygens (including phenoxy) is 1. The van der Waals surface area contributed by atoms with Gasteiger partial charge in [-0.3, -0.25) is 0 Å². The van der Waals surface area contributed by atoms with E-state index in [2.05, 4.69) is 18.9 Å². The highest BCUT2D eigenvalue weighted by atomic mass is 35.5. The highest BCUT2D eigenvalue weighted by Crippen LogP contribution is 2.27. The van der Waals surface area contributed by atoms with Gasteiger partial charge in [0.25, 0.3) is 0 Å². The van der Waals surface area contributed by atoms with E-state index in [-0.39, 0.29) is 0 Å². The average Bonchev–Trinajstić information content (AvgIpc) is 2.26. The van der Waals surface area contributed by atoms with Crippen LogP contribution in [-0.4, -0.2) is 31.6 Å². The van der Waals surface area contributed by atoms with Crippen molar-refractivity contribution in [2.24, 2.45) is 0 Å². The molecule has 0 saturated heterocycles. The van der Waals surface area contributed by atoms with Gasteiger partial charge in [0.05, 0.1) is 11.6 Å². The molecule has 0 saturated carbocycles. The molecule has 90 valence electrons. The summed E-state index contributed by atoms with van der Waals surface area (Å²) in [7, 11) is 2.09. The fourth-order valence-corrected chi connectivity index (χ4v) is 1.73. The van der Waals surface area contributed by atoms with Crippen LogP contribution >= 0.6 is 23.2 Å². The maximum absolute atomic E-state index is 5.98. The number of hydrogen-bond donors (Lipinski definition) is 0. The predicted octanol–water partition coefficient (Wildman–Crippen LogP) is 3.71. The van der Waals surface area contributed by atoms with E-state index in [9.17, 15) is 0 Å². The molecule has 2 nitrogen and oxygen atoms in total. The molecule has 0 heterocycles. The van der Waals surface area contributed by atoms with E-state index in [1.54, 1.807) is 18.2 Å².